The molecule has 0 N–H and O–H groups in total. The molecular weight excluding hydrogens is 234 g/mol. The fourth-order valence-electron chi connectivity index (χ4n) is 2.22. The molecule has 1 aliphatic heterocycles. The standard InChI is InChI=1S/C14H11FOP/c1-9-2-3-10-7-11-4-5-12(15)8-14(11)17(16)13(10)6-9/h2-6,8H,7H2,1H3/q+1. The van der Waals surface area contributed by atoms with E-state index >= 15 is 0 Å². The van der Waals surface area contributed by atoms with Crippen LogP contribution >= 0.6 is 7.80 Å². The highest BCUT2D eigenvalue weighted by Gasteiger charge is 2.35. The summed E-state index contributed by atoms with van der Waals surface area (Å²) < 4.78 is 25.6. The smallest absolute Gasteiger partial charge is 0.207 e. The summed E-state index contributed by atoms with van der Waals surface area (Å²) in [7, 11) is -1.65. The third kappa shape index (κ3) is 1.69. The van der Waals surface area contributed by atoms with E-state index in [1.54, 1.807) is 6.07 Å². The molecule has 0 radical (unpaired) electrons. The van der Waals surface area contributed by atoms with Gasteiger partial charge < -0.3 is 0 Å². The van der Waals surface area contributed by atoms with Gasteiger partial charge in [-0.15, -0.1) is 0 Å². The third-order valence-electron chi connectivity index (χ3n) is 3.11. The van der Waals surface area contributed by atoms with E-state index in [9.17, 15) is 8.96 Å². The predicted octanol–water partition coefficient (Wildman–Crippen LogP) is 2.82. The van der Waals surface area contributed by atoms with E-state index in [4.69, 9.17) is 0 Å². The average molecular weight is 245 g/mol. The van der Waals surface area contributed by atoms with E-state index in [0.717, 1.165) is 28.4 Å². The number of rotatable bonds is 0. The van der Waals surface area contributed by atoms with Crippen LogP contribution in [0.2, 0.25) is 0 Å². The Hall–Kier alpha value is -1.53. The van der Waals surface area contributed by atoms with Crippen LogP contribution < -0.4 is 10.6 Å². The minimum absolute atomic E-state index is 0.316. The van der Waals surface area contributed by atoms with Crippen molar-refractivity contribution in [1.82, 2.24) is 0 Å². The van der Waals surface area contributed by atoms with Gasteiger partial charge in [-0.3, -0.25) is 0 Å². The van der Waals surface area contributed by atoms with Crippen LogP contribution in [-0.2, 0) is 11.0 Å². The van der Waals surface area contributed by atoms with Gasteiger partial charge >= 0.3 is 7.80 Å². The summed E-state index contributed by atoms with van der Waals surface area (Å²) in [4.78, 5) is 0. The predicted molar refractivity (Wildman–Crippen MR) is 67.3 cm³/mol. The van der Waals surface area contributed by atoms with Crippen molar-refractivity contribution >= 4 is 18.4 Å². The lowest BCUT2D eigenvalue weighted by Crippen LogP contribution is -2.22. The first-order chi connectivity index (χ1) is 8.15. The molecule has 3 heteroatoms. The number of benzene rings is 2. The van der Waals surface area contributed by atoms with Crippen LogP contribution in [0.3, 0.4) is 0 Å². The Morgan fingerprint density at radius 2 is 1.71 bits per heavy atom. The lowest BCUT2D eigenvalue weighted by molar-refractivity contribution is 0.596. The van der Waals surface area contributed by atoms with E-state index in [1.807, 2.05) is 25.1 Å². The zero-order valence-corrected chi connectivity index (χ0v) is 10.3. The second-order valence-corrected chi connectivity index (χ2v) is 5.93. The molecule has 0 aromatic heterocycles. The Morgan fingerprint density at radius 1 is 1.06 bits per heavy atom. The maximum atomic E-state index is 13.2. The summed E-state index contributed by atoms with van der Waals surface area (Å²) in [5.74, 6) is -0.316. The molecule has 0 aliphatic carbocycles. The largest absolute Gasteiger partial charge is 0.416 e. The fraction of sp³-hybridized carbons (Fsp3) is 0.143. The topological polar surface area (TPSA) is 17.1 Å². The molecule has 0 fully saturated rings. The Labute approximate surface area is 100 Å². The Kier molecular flexibility index (Phi) is 2.34. The van der Waals surface area contributed by atoms with Crippen molar-refractivity contribution in [1.29, 1.82) is 0 Å². The first kappa shape index (κ1) is 10.6. The van der Waals surface area contributed by atoms with E-state index in [2.05, 4.69) is 0 Å². The van der Waals surface area contributed by atoms with E-state index < -0.39 is 7.80 Å². The van der Waals surface area contributed by atoms with Crippen molar-refractivity contribution in [3.63, 3.8) is 0 Å². The molecule has 0 saturated carbocycles. The molecule has 1 heterocycles. The lowest BCUT2D eigenvalue weighted by atomic mass is 10.0. The normalized spacial score (nSPS) is 15.3. The molecule has 0 bridgehead atoms. The van der Waals surface area contributed by atoms with Crippen LogP contribution in [0.1, 0.15) is 16.7 Å². The lowest BCUT2D eigenvalue weighted by Gasteiger charge is -2.10. The van der Waals surface area contributed by atoms with Crippen molar-refractivity contribution in [3.8, 4) is 0 Å². The molecule has 3 rings (SSSR count). The molecular formula is C14H11FOP+. The van der Waals surface area contributed by atoms with Gasteiger partial charge in [-0.1, -0.05) is 22.8 Å². The van der Waals surface area contributed by atoms with Crippen molar-refractivity contribution in [2.75, 3.05) is 0 Å². The Bertz CT molecular complexity index is 581. The molecule has 1 nitrogen and oxygen atoms in total. The van der Waals surface area contributed by atoms with Gasteiger partial charge in [0.1, 0.15) is 5.82 Å². The summed E-state index contributed by atoms with van der Waals surface area (Å²) in [6, 6.07) is 10.6. The fourth-order valence-corrected chi connectivity index (χ4v) is 3.87. The number of hydrogen-bond acceptors (Lipinski definition) is 1. The van der Waals surface area contributed by atoms with Crippen LogP contribution in [0, 0.1) is 12.7 Å². The van der Waals surface area contributed by atoms with Gasteiger partial charge in [0.2, 0.25) is 5.30 Å². The van der Waals surface area contributed by atoms with E-state index in [1.165, 1.54) is 12.1 Å². The molecule has 17 heavy (non-hydrogen) atoms. The van der Waals surface area contributed by atoms with Crippen molar-refractivity contribution in [3.05, 3.63) is 58.9 Å². The second kappa shape index (κ2) is 3.75. The third-order valence-corrected chi connectivity index (χ3v) is 4.81. The SMILES string of the molecule is Cc1ccc2c(c1)[P+](=O)c1cc(F)ccc1C2. The van der Waals surface area contributed by atoms with Gasteiger partial charge in [0.05, 0.1) is 0 Å². The molecule has 1 atom stereocenters. The minimum atomic E-state index is -1.65. The number of fused-ring (bicyclic) bond motifs is 2. The number of aryl methyl sites for hydroxylation is 1. The molecule has 2 aromatic rings. The summed E-state index contributed by atoms with van der Waals surface area (Å²) >= 11 is 0. The number of hydrogen-bond donors (Lipinski definition) is 0. The van der Waals surface area contributed by atoms with Gasteiger partial charge in [-0.2, -0.15) is 0 Å². The Morgan fingerprint density at radius 3 is 2.47 bits per heavy atom. The number of halogens is 1. The summed E-state index contributed by atoms with van der Waals surface area (Å²) in [5, 5.41) is 1.51. The van der Waals surface area contributed by atoms with Crippen molar-refractivity contribution in [2.24, 2.45) is 0 Å². The van der Waals surface area contributed by atoms with Crippen LogP contribution in [0.5, 0.6) is 0 Å². The van der Waals surface area contributed by atoms with E-state index in [-0.39, 0.29) is 5.82 Å². The van der Waals surface area contributed by atoms with Crippen LogP contribution in [0.25, 0.3) is 0 Å². The first-order valence-corrected chi connectivity index (χ1v) is 6.76. The first-order valence-electron chi connectivity index (χ1n) is 5.50. The average Bonchev–Trinajstić information content (AvgIpc) is 2.32. The van der Waals surface area contributed by atoms with Crippen LogP contribution in [0.15, 0.2) is 36.4 Å². The summed E-state index contributed by atoms with van der Waals surface area (Å²) in [5.41, 5.74) is 3.16. The quantitative estimate of drug-likeness (QED) is 0.556. The maximum Gasteiger partial charge on any atom is 0.416 e. The van der Waals surface area contributed by atoms with Gasteiger partial charge in [-0.25, -0.2) is 4.39 Å². The summed E-state index contributed by atoms with van der Waals surface area (Å²) in [6.07, 6.45) is 0.742. The highest BCUT2D eigenvalue weighted by molar-refractivity contribution is 7.61. The molecule has 84 valence electrons. The van der Waals surface area contributed by atoms with Crippen LogP contribution in [-0.4, -0.2) is 0 Å². The highest BCUT2D eigenvalue weighted by atomic mass is 31.1. The highest BCUT2D eigenvalue weighted by Crippen LogP contribution is 2.30. The van der Waals surface area contributed by atoms with Crippen LogP contribution in [0.4, 0.5) is 4.39 Å². The molecule has 0 spiro atoms. The zero-order chi connectivity index (χ0) is 12.0. The second-order valence-electron chi connectivity index (χ2n) is 4.38. The van der Waals surface area contributed by atoms with Gasteiger partial charge in [-0.05, 0) is 24.6 Å². The molecule has 1 unspecified atom stereocenters. The molecule has 0 amide bonds. The monoisotopic (exact) mass is 245 g/mol. The van der Waals surface area contributed by atoms with Crippen molar-refractivity contribution in [2.45, 2.75) is 13.3 Å². The molecule has 0 saturated heterocycles. The minimum Gasteiger partial charge on any atom is -0.207 e. The maximum absolute atomic E-state index is 13.2. The molecule has 2 aromatic carbocycles. The zero-order valence-electron chi connectivity index (χ0n) is 9.40. The van der Waals surface area contributed by atoms with Gasteiger partial charge in [0, 0.05) is 23.6 Å². The van der Waals surface area contributed by atoms with Gasteiger partial charge in [0.25, 0.3) is 0 Å². The van der Waals surface area contributed by atoms with E-state index in [0.29, 0.717) is 5.30 Å². The van der Waals surface area contributed by atoms with Crippen molar-refractivity contribution < 1.29 is 8.96 Å². The molecule has 1 aliphatic rings. The van der Waals surface area contributed by atoms with Gasteiger partial charge in [0.15, 0.2) is 5.30 Å². The Balaban J connectivity index is 2.21. The summed E-state index contributed by atoms with van der Waals surface area (Å²) in [6.45, 7) is 1.98.